The smallest absolute Gasteiger partial charge is 0.356 e. The lowest BCUT2D eigenvalue weighted by atomic mass is 10.3. The molecule has 0 atom stereocenters. The van der Waals surface area contributed by atoms with Gasteiger partial charge in [-0.3, -0.25) is 9.80 Å². The normalized spacial score (nSPS) is 11.3. The van der Waals surface area contributed by atoms with E-state index < -0.39 is 11.9 Å². The second kappa shape index (κ2) is 24.6. The molecule has 0 amide bonds. The Bertz CT molecular complexity index is 1100. The minimum atomic E-state index is -0.484. The van der Waals surface area contributed by atoms with Gasteiger partial charge in [0.25, 0.3) is 0 Å². The molecule has 0 radical (unpaired) electrons. The number of aliphatic hydroxyl groups excluding tert-OH is 1. The average molecular weight is 651 g/mol. The first kappa shape index (κ1) is 38.5. The highest BCUT2D eigenvalue weighted by molar-refractivity contribution is 7.99. The van der Waals surface area contributed by atoms with Crippen molar-refractivity contribution in [3.8, 4) is 0 Å². The van der Waals surface area contributed by atoms with Gasteiger partial charge in [-0.2, -0.15) is 11.8 Å². The summed E-state index contributed by atoms with van der Waals surface area (Å²) in [7, 11) is 2.67. The molecule has 0 aliphatic rings. The maximum atomic E-state index is 11.9. The number of hydrogen-bond donors (Lipinski definition) is 1. The number of carbonyl (C=O) groups is 2. The summed E-state index contributed by atoms with van der Waals surface area (Å²) in [5.41, 5.74) is 2.02. The first-order chi connectivity index (χ1) is 22.0. The molecule has 2 aromatic rings. The Morgan fingerprint density at radius 3 is 1.67 bits per heavy atom. The molecule has 1 N–H and O–H groups in total. The molecule has 0 saturated heterocycles. The van der Waals surface area contributed by atoms with Crippen LogP contribution in [-0.4, -0.2) is 135 Å². The zero-order valence-electron chi connectivity index (χ0n) is 27.0. The number of pyridine rings is 2. The first-order valence-corrected chi connectivity index (χ1v) is 16.6. The molecule has 12 nitrogen and oxygen atoms in total. The van der Waals surface area contributed by atoms with Crippen LogP contribution in [0.3, 0.4) is 0 Å². The summed E-state index contributed by atoms with van der Waals surface area (Å²) in [4.78, 5) is 36.7. The molecule has 0 bridgehead atoms. The van der Waals surface area contributed by atoms with Crippen LogP contribution in [-0.2, 0) is 36.8 Å². The molecule has 252 valence electrons. The van der Waals surface area contributed by atoms with Crippen LogP contribution in [0, 0.1) is 0 Å². The largest absolute Gasteiger partial charge is 0.464 e. The van der Waals surface area contributed by atoms with E-state index >= 15 is 0 Å². The van der Waals surface area contributed by atoms with Gasteiger partial charge in [-0.05, 0) is 48.6 Å². The minimum Gasteiger partial charge on any atom is -0.464 e. The summed E-state index contributed by atoms with van der Waals surface area (Å²) < 4.78 is 27.0. The highest BCUT2D eigenvalue weighted by Crippen LogP contribution is 2.08. The predicted molar refractivity (Wildman–Crippen MR) is 173 cm³/mol. The van der Waals surface area contributed by atoms with Crippen LogP contribution in [0.2, 0.25) is 0 Å². The van der Waals surface area contributed by atoms with Crippen molar-refractivity contribution in [2.45, 2.75) is 32.9 Å². The average Bonchev–Trinajstić information content (AvgIpc) is 3.06. The molecule has 2 aromatic heterocycles. The Balaban J connectivity index is 1.73. The lowest BCUT2D eigenvalue weighted by Gasteiger charge is -2.22. The van der Waals surface area contributed by atoms with Gasteiger partial charge in [0.2, 0.25) is 0 Å². The zero-order chi connectivity index (χ0) is 32.5. The van der Waals surface area contributed by atoms with E-state index in [0.717, 1.165) is 24.5 Å². The van der Waals surface area contributed by atoms with Crippen LogP contribution in [0.5, 0.6) is 0 Å². The number of rotatable bonds is 26. The second-order valence-electron chi connectivity index (χ2n) is 10.1. The van der Waals surface area contributed by atoms with Crippen molar-refractivity contribution in [1.82, 2.24) is 19.8 Å². The maximum Gasteiger partial charge on any atom is 0.356 e. The van der Waals surface area contributed by atoms with Gasteiger partial charge < -0.3 is 28.8 Å². The summed E-state index contributed by atoms with van der Waals surface area (Å²) in [6.45, 7) is 8.83. The lowest BCUT2D eigenvalue weighted by Crippen LogP contribution is -2.32. The van der Waals surface area contributed by atoms with Gasteiger partial charge in [0.05, 0.1) is 65.2 Å². The lowest BCUT2D eigenvalue weighted by molar-refractivity contribution is 0.0244. The monoisotopic (exact) mass is 650 g/mol. The Kier molecular flexibility index (Phi) is 21.0. The highest BCUT2D eigenvalue weighted by Gasteiger charge is 2.13. The third-order valence-electron chi connectivity index (χ3n) is 6.54. The van der Waals surface area contributed by atoms with E-state index in [4.69, 9.17) is 23.7 Å². The highest BCUT2D eigenvalue weighted by atomic mass is 32.2. The van der Waals surface area contributed by atoms with Gasteiger partial charge in [-0.25, -0.2) is 19.6 Å². The fourth-order valence-corrected chi connectivity index (χ4v) is 5.04. The Morgan fingerprint density at radius 2 is 1.20 bits per heavy atom. The fraction of sp³-hybridized carbons (Fsp3) is 0.625. The van der Waals surface area contributed by atoms with E-state index in [-0.39, 0.29) is 18.0 Å². The Hall–Kier alpha value is -2.65. The van der Waals surface area contributed by atoms with Crippen molar-refractivity contribution in [2.75, 3.05) is 98.2 Å². The predicted octanol–water partition coefficient (Wildman–Crippen LogP) is 2.93. The number of nitrogens with zero attached hydrogens (tertiary/aromatic N) is 4. The summed E-state index contributed by atoms with van der Waals surface area (Å²) >= 11 is 1.96. The Labute approximate surface area is 271 Å². The summed E-state index contributed by atoms with van der Waals surface area (Å²) in [6.07, 6.45) is 2.23. The summed E-state index contributed by atoms with van der Waals surface area (Å²) in [5.74, 6) is 1.35. The number of thioether (sulfide) groups is 1. The van der Waals surface area contributed by atoms with E-state index in [0.29, 0.717) is 78.0 Å². The van der Waals surface area contributed by atoms with Crippen molar-refractivity contribution in [3.63, 3.8) is 0 Å². The number of ether oxygens (including phenoxy) is 5. The first-order valence-electron chi connectivity index (χ1n) is 15.5. The number of esters is 2. The standard InChI is InChI=1S/C32H50N4O8S/c1-4-23-45-24-7-17-42-18-14-36(26-28-9-6-11-30(34-28)32(39)41-3)15-20-44-22-21-43-19-13-35(12-16-37)25-27-8-5-10-29(33-27)31(38)40-2/h5-6,8-11,37H,4,7,12-26H2,1-3H3. The number of methoxy groups -OCH3 is 2. The number of carbonyl (C=O) groups excluding carboxylic acids is 2. The number of aliphatic hydroxyl groups is 1. The van der Waals surface area contributed by atoms with E-state index in [1.165, 1.54) is 26.4 Å². The van der Waals surface area contributed by atoms with Gasteiger partial charge in [0.15, 0.2) is 0 Å². The summed E-state index contributed by atoms with van der Waals surface area (Å²) in [5, 5.41) is 9.47. The van der Waals surface area contributed by atoms with Crippen LogP contribution in [0.15, 0.2) is 36.4 Å². The minimum absolute atomic E-state index is 0.00186. The molecule has 0 aromatic carbocycles. The molecule has 2 rings (SSSR count). The van der Waals surface area contributed by atoms with Crippen molar-refractivity contribution in [2.24, 2.45) is 0 Å². The van der Waals surface area contributed by atoms with Crippen LogP contribution >= 0.6 is 11.8 Å². The van der Waals surface area contributed by atoms with E-state index in [1.54, 1.807) is 18.2 Å². The molecular weight excluding hydrogens is 600 g/mol. The van der Waals surface area contributed by atoms with Crippen LogP contribution in [0.1, 0.15) is 52.1 Å². The second-order valence-corrected chi connectivity index (χ2v) is 11.3. The van der Waals surface area contributed by atoms with Crippen molar-refractivity contribution in [3.05, 3.63) is 59.2 Å². The summed E-state index contributed by atoms with van der Waals surface area (Å²) in [6, 6.07) is 10.6. The molecule has 0 unspecified atom stereocenters. The molecule has 0 aliphatic heterocycles. The molecule has 0 aliphatic carbocycles. The maximum absolute atomic E-state index is 11.9. The third-order valence-corrected chi connectivity index (χ3v) is 7.82. The van der Waals surface area contributed by atoms with Crippen molar-refractivity contribution < 1.29 is 38.4 Å². The van der Waals surface area contributed by atoms with Gasteiger partial charge in [0, 0.05) is 45.9 Å². The van der Waals surface area contributed by atoms with E-state index in [2.05, 4.69) is 21.8 Å². The molecule has 0 spiro atoms. The molecule has 13 heteroatoms. The van der Waals surface area contributed by atoms with Gasteiger partial charge >= 0.3 is 11.9 Å². The zero-order valence-corrected chi connectivity index (χ0v) is 27.8. The number of aromatic nitrogens is 2. The molecule has 0 fully saturated rings. The van der Waals surface area contributed by atoms with Crippen LogP contribution < -0.4 is 0 Å². The molecule has 0 saturated carbocycles. The van der Waals surface area contributed by atoms with Gasteiger partial charge in [-0.1, -0.05) is 19.1 Å². The molecule has 45 heavy (non-hydrogen) atoms. The van der Waals surface area contributed by atoms with Crippen LogP contribution in [0.4, 0.5) is 0 Å². The van der Waals surface area contributed by atoms with Gasteiger partial charge in [-0.15, -0.1) is 0 Å². The third kappa shape index (κ3) is 17.0. The SMILES string of the molecule is CCCSCCCOCCN(CCOCCOCCN(CCO)Cc1cccc(C(=O)OC)n1)Cc1cccc(C(=O)OC)n1. The van der Waals surface area contributed by atoms with Crippen molar-refractivity contribution >= 4 is 23.7 Å². The number of hydrogen-bond acceptors (Lipinski definition) is 13. The van der Waals surface area contributed by atoms with Crippen molar-refractivity contribution in [1.29, 1.82) is 0 Å². The fourth-order valence-electron chi connectivity index (χ4n) is 4.23. The van der Waals surface area contributed by atoms with E-state index in [1.807, 2.05) is 34.9 Å². The quantitative estimate of drug-likeness (QED) is 0.118. The molecular formula is C32H50N4O8S. The molecule has 2 heterocycles. The Morgan fingerprint density at radius 1 is 0.711 bits per heavy atom. The topological polar surface area (TPSA) is 133 Å². The van der Waals surface area contributed by atoms with Gasteiger partial charge in [0.1, 0.15) is 11.4 Å². The van der Waals surface area contributed by atoms with Crippen LogP contribution in [0.25, 0.3) is 0 Å². The van der Waals surface area contributed by atoms with E-state index in [9.17, 15) is 14.7 Å².